The number of ether oxygens (including phenoxy) is 4. The van der Waals surface area contributed by atoms with E-state index in [2.05, 4.69) is 175 Å². The van der Waals surface area contributed by atoms with Gasteiger partial charge in [0.05, 0.1) is 22.8 Å². The predicted molar refractivity (Wildman–Crippen MR) is 323 cm³/mol. The van der Waals surface area contributed by atoms with Crippen LogP contribution in [-0.4, -0.2) is 74.8 Å². The average molecular weight is 1080 g/mol. The maximum Gasteiger partial charge on any atom is 0.176 e. The largest absolute Gasteiger partial charge is 0.385 e. The van der Waals surface area contributed by atoms with Gasteiger partial charge < -0.3 is 28.9 Å². The second-order valence-electron chi connectivity index (χ2n) is 21.5. The molecule has 2 aliphatic heterocycles. The Labute approximate surface area is 474 Å². The molecule has 0 atom stereocenters. The van der Waals surface area contributed by atoms with E-state index in [9.17, 15) is 0 Å². The van der Waals surface area contributed by atoms with Gasteiger partial charge >= 0.3 is 0 Å². The van der Waals surface area contributed by atoms with Crippen LogP contribution in [0, 0.1) is 0 Å². The van der Waals surface area contributed by atoms with E-state index >= 15 is 0 Å². The zero-order valence-electron chi connectivity index (χ0n) is 48.1. The van der Waals surface area contributed by atoms with E-state index in [0.29, 0.717) is 0 Å². The van der Waals surface area contributed by atoms with E-state index in [1.807, 2.05) is 0 Å². The number of pyridine rings is 4. The molecule has 7 aromatic rings. The summed E-state index contributed by atoms with van der Waals surface area (Å²) in [5, 5.41) is 0. The van der Waals surface area contributed by atoms with Gasteiger partial charge in [0.15, 0.2) is 49.6 Å². The summed E-state index contributed by atoms with van der Waals surface area (Å²) < 4.78 is 30.7. The van der Waals surface area contributed by atoms with Crippen molar-refractivity contribution in [2.75, 3.05) is 54.9 Å². The molecule has 0 saturated heterocycles. The monoisotopic (exact) mass is 1080 g/mol. The molecular formula is C68H86N8O4+4. The lowest BCUT2D eigenvalue weighted by Crippen LogP contribution is -2.32. The van der Waals surface area contributed by atoms with Crippen LogP contribution in [0.1, 0.15) is 126 Å². The third kappa shape index (κ3) is 15.7. The fraction of sp³-hybridized carbons (Fsp3) is 0.412. The number of aromatic nitrogens is 8. The lowest BCUT2D eigenvalue weighted by atomic mass is 10.1. The highest BCUT2D eigenvalue weighted by molar-refractivity contribution is 5.99. The highest BCUT2D eigenvalue weighted by Gasteiger charge is 2.22. The Morgan fingerprint density at radius 2 is 0.550 bits per heavy atom. The minimum atomic E-state index is 0.810. The van der Waals surface area contributed by atoms with Crippen molar-refractivity contribution in [3.63, 3.8) is 0 Å². The summed E-state index contributed by atoms with van der Waals surface area (Å²) in [5.41, 5.74) is 16.1. The molecule has 80 heavy (non-hydrogen) atoms. The fourth-order valence-corrected chi connectivity index (χ4v) is 11.2. The van der Waals surface area contributed by atoms with Crippen LogP contribution in [0.15, 0.2) is 122 Å². The normalized spacial score (nSPS) is 12.1. The SMILES string of the molecule is COCCCCCC[n+]1cccc(-c2c3nc(c(-c4ccc[n+](CCCCCCOC)c4)c4ccc([nH]4)c(-c4ccc[n+](CCCCCCOC)c4)c4nc(c(-c5ccc[n+](CCCCCCOC)c5)c5ccc2[nH]5)C=C4)C=C3)c1. The van der Waals surface area contributed by atoms with Gasteiger partial charge in [-0.3, -0.25) is 0 Å². The number of aromatic amines is 2. The van der Waals surface area contributed by atoms with Crippen molar-refractivity contribution in [3.8, 4) is 44.5 Å². The van der Waals surface area contributed by atoms with Crippen LogP contribution in [0.25, 0.3) is 90.9 Å². The minimum Gasteiger partial charge on any atom is -0.385 e. The lowest BCUT2D eigenvalue weighted by molar-refractivity contribution is -0.697. The topological polar surface area (TPSA) is 110 Å². The zero-order valence-corrected chi connectivity index (χ0v) is 48.1. The molecule has 0 spiro atoms. The Bertz CT molecular complexity index is 2910. The van der Waals surface area contributed by atoms with Crippen molar-refractivity contribution < 1.29 is 37.2 Å². The molecule has 0 aliphatic carbocycles. The first-order chi connectivity index (χ1) is 39.5. The van der Waals surface area contributed by atoms with Crippen molar-refractivity contribution >= 4 is 46.4 Å². The van der Waals surface area contributed by atoms with Gasteiger partial charge in [-0.15, -0.1) is 0 Å². The molecule has 8 bridgehead atoms. The van der Waals surface area contributed by atoms with Gasteiger partial charge in [-0.05, 0) is 124 Å². The fourth-order valence-electron chi connectivity index (χ4n) is 11.2. The molecule has 9 rings (SSSR count). The van der Waals surface area contributed by atoms with Crippen molar-refractivity contribution in [2.45, 2.75) is 129 Å². The molecule has 0 aromatic carbocycles. The van der Waals surface area contributed by atoms with Gasteiger partial charge in [0.2, 0.25) is 0 Å². The number of methoxy groups -OCH3 is 4. The van der Waals surface area contributed by atoms with Crippen LogP contribution in [0.3, 0.4) is 0 Å². The summed E-state index contributed by atoms with van der Waals surface area (Å²) in [6.45, 7) is 6.96. The van der Waals surface area contributed by atoms with Crippen LogP contribution in [-0.2, 0) is 45.1 Å². The Balaban J connectivity index is 1.25. The molecule has 0 radical (unpaired) electrons. The van der Waals surface area contributed by atoms with Gasteiger partial charge in [0.25, 0.3) is 0 Å². The number of hydrogen-bond acceptors (Lipinski definition) is 6. The van der Waals surface area contributed by atoms with Gasteiger partial charge in [-0.1, -0.05) is 25.7 Å². The summed E-state index contributed by atoms with van der Waals surface area (Å²) in [6.07, 6.45) is 44.8. The Morgan fingerprint density at radius 1 is 0.312 bits per heavy atom. The molecule has 9 heterocycles. The second kappa shape index (κ2) is 30.6. The highest BCUT2D eigenvalue weighted by atomic mass is 16.5. The van der Waals surface area contributed by atoms with Crippen molar-refractivity contribution in [3.05, 3.63) is 145 Å². The molecule has 0 saturated carbocycles. The summed E-state index contributed by atoms with van der Waals surface area (Å²) in [5.74, 6) is 0. The zero-order chi connectivity index (χ0) is 55.1. The number of rotatable bonds is 32. The van der Waals surface area contributed by atoms with Crippen LogP contribution >= 0.6 is 0 Å². The number of aryl methyl sites for hydroxylation is 4. The summed E-state index contributed by atoms with van der Waals surface area (Å²) in [6, 6.07) is 26.6. The summed E-state index contributed by atoms with van der Waals surface area (Å²) >= 11 is 0. The number of fused-ring (bicyclic) bond motifs is 8. The summed E-state index contributed by atoms with van der Waals surface area (Å²) in [4.78, 5) is 19.4. The Hall–Kier alpha value is -6.96. The third-order valence-corrected chi connectivity index (χ3v) is 15.4. The first-order valence-electron chi connectivity index (χ1n) is 29.6. The summed E-state index contributed by atoms with van der Waals surface area (Å²) in [7, 11) is 7.14. The smallest absolute Gasteiger partial charge is 0.176 e. The first kappa shape index (κ1) is 57.7. The molecule has 0 fully saturated rings. The molecular weight excluding hydrogens is 993 g/mol. The van der Waals surface area contributed by atoms with Crippen LogP contribution in [0.2, 0.25) is 0 Å². The van der Waals surface area contributed by atoms with Crippen LogP contribution in [0.4, 0.5) is 0 Å². The molecule has 7 aromatic heterocycles. The van der Waals surface area contributed by atoms with E-state index in [1.165, 1.54) is 0 Å². The molecule has 12 heteroatoms. The predicted octanol–water partition coefficient (Wildman–Crippen LogP) is 13.3. The quantitative estimate of drug-likeness (QED) is 0.0321. The van der Waals surface area contributed by atoms with E-state index < -0.39 is 0 Å². The van der Waals surface area contributed by atoms with E-state index in [4.69, 9.17) is 28.9 Å². The van der Waals surface area contributed by atoms with E-state index in [0.717, 1.165) is 245 Å². The van der Waals surface area contributed by atoms with Crippen molar-refractivity contribution in [2.24, 2.45) is 0 Å². The molecule has 2 N–H and O–H groups in total. The maximum atomic E-state index is 5.68. The Kier molecular flexibility index (Phi) is 22.1. The lowest BCUT2D eigenvalue weighted by Gasteiger charge is -2.07. The molecule has 0 unspecified atom stereocenters. The molecule has 12 nitrogen and oxygen atoms in total. The van der Waals surface area contributed by atoms with E-state index in [1.54, 1.807) is 28.4 Å². The maximum absolute atomic E-state index is 5.68. The van der Waals surface area contributed by atoms with Gasteiger partial charge in [0, 0.05) is 171 Å². The van der Waals surface area contributed by atoms with Crippen LogP contribution < -0.4 is 18.3 Å². The second-order valence-corrected chi connectivity index (χ2v) is 21.5. The number of unbranched alkanes of at least 4 members (excludes halogenated alkanes) is 12. The number of nitrogens with zero attached hydrogens (tertiary/aromatic N) is 6. The number of nitrogens with one attached hydrogen (secondary N) is 2. The minimum absolute atomic E-state index is 0.810. The van der Waals surface area contributed by atoms with Crippen molar-refractivity contribution in [1.29, 1.82) is 0 Å². The Morgan fingerprint density at radius 3 is 0.787 bits per heavy atom. The van der Waals surface area contributed by atoms with Gasteiger partial charge in [-0.2, -0.15) is 0 Å². The van der Waals surface area contributed by atoms with Gasteiger partial charge in [-0.25, -0.2) is 28.2 Å². The van der Waals surface area contributed by atoms with Crippen molar-refractivity contribution in [1.82, 2.24) is 19.9 Å². The molecule has 2 aliphatic rings. The number of H-pyrrole nitrogens is 2. The molecule has 0 amide bonds. The van der Waals surface area contributed by atoms with E-state index in [-0.39, 0.29) is 0 Å². The number of hydrogen-bond donors (Lipinski definition) is 2. The highest BCUT2D eigenvalue weighted by Crippen LogP contribution is 2.38. The standard InChI is InChI=1S/C68H86N8O4/c1-77-45-17-9-5-13-37-73-41-21-25-53(49-73)65-57-29-31-59(69-57)66(54-26-22-42-74(50-54)38-14-6-10-18-46-78-2)61-33-35-63(71-61)68(56-28-24-44-76(52-56)40-16-8-12-20-48-80-4)64-36-34-62(72-64)67(60-32-30-58(65)70-60)55-27-23-43-75(51-55)39-15-7-11-19-47-79-3/h21-36,41-44,49-52,69,72H,5-20,37-40,45-48H2,1-4H3/q+4. The van der Waals surface area contributed by atoms with Gasteiger partial charge in [0.1, 0.15) is 26.2 Å². The molecule has 418 valence electrons. The first-order valence-corrected chi connectivity index (χ1v) is 29.6. The van der Waals surface area contributed by atoms with Crippen LogP contribution in [0.5, 0.6) is 0 Å². The third-order valence-electron chi connectivity index (χ3n) is 15.4. The average Bonchev–Trinajstić information content (AvgIpc) is 4.35.